The Morgan fingerprint density at radius 2 is 1.97 bits per heavy atom. The molecule has 2 aromatic rings. The largest absolute Gasteiger partial charge is 0.446 e. The number of rotatable bonds is 3. The average molecular weight is 391 g/mol. The van der Waals surface area contributed by atoms with Crippen molar-refractivity contribution in [1.29, 1.82) is 0 Å². The zero-order chi connectivity index (χ0) is 20.7. The van der Waals surface area contributed by atoms with Crippen molar-refractivity contribution in [2.45, 2.75) is 26.4 Å². The lowest BCUT2D eigenvalue weighted by Gasteiger charge is -2.26. The molecular formula is C20H19N6O3+. The molecule has 146 valence electrons. The van der Waals surface area contributed by atoms with Crippen molar-refractivity contribution in [2.75, 3.05) is 13.6 Å². The molecule has 0 spiro atoms. The summed E-state index contributed by atoms with van der Waals surface area (Å²) in [6, 6.07) is 5.62. The number of urea groups is 2. The highest BCUT2D eigenvalue weighted by Crippen LogP contribution is 2.20. The summed E-state index contributed by atoms with van der Waals surface area (Å²) in [6.45, 7) is 3.52. The smallest absolute Gasteiger partial charge is 0.277 e. The quantitative estimate of drug-likeness (QED) is 0.618. The van der Waals surface area contributed by atoms with Crippen LogP contribution in [0, 0.1) is 18.8 Å². The van der Waals surface area contributed by atoms with E-state index in [1.165, 1.54) is 16.5 Å². The van der Waals surface area contributed by atoms with Crippen LogP contribution in [-0.2, 0) is 11.3 Å². The molecule has 4 rings (SSSR count). The first-order chi connectivity index (χ1) is 13.9. The molecule has 0 saturated carbocycles. The minimum absolute atomic E-state index is 0.0844. The van der Waals surface area contributed by atoms with Gasteiger partial charge in [-0.05, 0) is 19.9 Å². The van der Waals surface area contributed by atoms with Gasteiger partial charge >= 0.3 is 18.0 Å². The van der Waals surface area contributed by atoms with Gasteiger partial charge in [0.25, 0.3) is 0 Å². The first kappa shape index (κ1) is 18.6. The van der Waals surface area contributed by atoms with Gasteiger partial charge in [-0.3, -0.25) is 9.69 Å². The Morgan fingerprint density at radius 1 is 1.21 bits per heavy atom. The molecule has 9 heteroatoms. The maximum Gasteiger partial charge on any atom is 0.446 e. The molecule has 9 nitrogen and oxygen atoms in total. The lowest BCUT2D eigenvalue weighted by atomic mass is 10.1. The Kier molecular flexibility index (Phi) is 4.47. The van der Waals surface area contributed by atoms with Crippen LogP contribution in [0.1, 0.15) is 18.4 Å². The second-order valence-electron chi connectivity index (χ2n) is 6.78. The van der Waals surface area contributed by atoms with Crippen LogP contribution in [0.5, 0.6) is 0 Å². The first-order valence-corrected chi connectivity index (χ1v) is 9.07. The van der Waals surface area contributed by atoms with E-state index in [0.717, 1.165) is 21.5 Å². The Hall–Kier alpha value is -3.80. The highest BCUT2D eigenvalue weighted by Gasteiger charge is 2.55. The fraction of sp³-hybridized carbons (Fsp3) is 0.300. The number of hydrogen-bond donors (Lipinski definition) is 1. The molecule has 5 amide bonds. The van der Waals surface area contributed by atoms with Crippen molar-refractivity contribution in [3.05, 3.63) is 35.8 Å². The summed E-state index contributed by atoms with van der Waals surface area (Å²) in [7, 11) is 1.52. The molecule has 0 radical (unpaired) electrons. The topological polar surface area (TPSA) is 98.5 Å². The van der Waals surface area contributed by atoms with Gasteiger partial charge in [-0.1, -0.05) is 24.1 Å². The Balaban J connectivity index is 1.70. The molecule has 0 bridgehead atoms. The SMILES string of the molecule is CC#CCN1C(=O)NC2=[N+](C)C(=O)N(Cc3nc(C)c4ccccc4n3)C(=O)C21. The lowest BCUT2D eigenvalue weighted by molar-refractivity contribution is -0.409. The monoisotopic (exact) mass is 391 g/mol. The van der Waals surface area contributed by atoms with E-state index < -0.39 is 24.0 Å². The number of imide groups is 1. The maximum atomic E-state index is 13.2. The number of aryl methyl sites for hydroxylation is 1. The van der Waals surface area contributed by atoms with E-state index in [0.29, 0.717) is 5.82 Å². The molecule has 2 aliphatic heterocycles. The number of carbonyl (C=O) groups excluding carboxylic acids is 3. The van der Waals surface area contributed by atoms with Gasteiger partial charge in [-0.15, -0.1) is 5.92 Å². The fourth-order valence-corrected chi connectivity index (χ4v) is 3.54. The van der Waals surface area contributed by atoms with Crippen LogP contribution < -0.4 is 5.32 Å². The summed E-state index contributed by atoms with van der Waals surface area (Å²) in [5.74, 6) is 5.61. The predicted octanol–water partition coefficient (Wildman–Crippen LogP) is 0.858. The predicted molar refractivity (Wildman–Crippen MR) is 104 cm³/mol. The van der Waals surface area contributed by atoms with Gasteiger partial charge in [0, 0.05) is 11.1 Å². The van der Waals surface area contributed by atoms with E-state index in [1.54, 1.807) is 6.92 Å². The summed E-state index contributed by atoms with van der Waals surface area (Å²) >= 11 is 0. The Labute approximate surface area is 167 Å². The van der Waals surface area contributed by atoms with Crippen LogP contribution in [0.2, 0.25) is 0 Å². The zero-order valence-corrected chi connectivity index (χ0v) is 16.3. The average Bonchev–Trinajstić information content (AvgIpc) is 3.04. The Bertz CT molecular complexity index is 1160. The molecule has 1 aromatic carbocycles. The number of amidine groups is 1. The number of fused-ring (bicyclic) bond motifs is 2. The van der Waals surface area contributed by atoms with Crippen molar-refractivity contribution >= 4 is 34.7 Å². The number of nitrogens with one attached hydrogen (secondary N) is 1. The van der Waals surface area contributed by atoms with E-state index in [1.807, 2.05) is 31.2 Å². The van der Waals surface area contributed by atoms with Gasteiger partial charge in [0.15, 0.2) is 5.82 Å². The van der Waals surface area contributed by atoms with Crippen molar-refractivity contribution in [2.24, 2.45) is 0 Å². The van der Waals surface area contributed by atoms with Crippen LogP contribution in [0.4, 0.5) is 9.59 Å². The van der Waals surface area contributed by atoms with Gasteiger partial charge in [-0.25, -0.2) is 29.4 Å². The molecule has 3 heterocycles. The third-order valence-electron chi connectivity index (χ3n) is 5.01. The summed E-state index contributed by atoms with van der Waals surface area (Å²) in [4.78, 5) is 49.6. The molecule has 1 N–H and O–H groups in total. The first-order valence-electron chi connectivity index (χ1n) is 9.07. The number of para-hydroxylation sites is 1. The molecule has 1 unspecified atom stereocenters. The van der Waals surface area contributed by atoms with Gasteiger partial charge < -0.3 is 0 Å². The van der Waals surface area contributed by atoms with Gasteiger partial charge in [0.1, 0.15) is 6.54 Å². The van der Waals surface area contributed by atoms with Crippen LogP contribution >= 0.6 is 0 Å². The number of hydrogen-bond acceptors (Lipinski definition) is 5. The summed E-state index contributed by atoms with van der Waals surface area (Å²) in [6.07, 6.45) is 0. The number of amides is 5. The number of benzene rings is 1. The van der Waals surface area contributed by atoms with Crippen LogP contribution in [-0.4, -0.2) is 67.8 Å². The molecular weight excluding hydrogens is 372 g/mol. The fourth-order valence-electron chi connectivity index (χ4n) is 3.54. The Morgan fingerprint density at radius 3 is 2.72 bits per heavy atom. The molecule has 2 aliphatic rings. The van der Waals surface area contributed by atoms with Crippen LogP contribution in [0.15, 0.2) is 24.3 Å². The highest BCUT2D eigenvalue weighted by molar-refractivity contribution is 6.21. The summed E-state index contributed by atoms with van der Waals surface area (Å²) < 4.78 is 1.28. The van der Waals surface area contributed by atoms with Crippen molar-refractivity contribution in [3.63, 3.8) is 0 Å². The van der Waals surface area contributed by atoms with Gasteiger partial charge in [-0.2, -0.15) is 4.90 Å². The van der Waals surface area contributed by atoms with Crippen LogP contribution in [0.3, 0.4) is 0 Å². The second-order valence-corrected chi connectivity index (χ2v) is 6.78. The molecule has 1 fully saturated rings. The number of carbonyl (C=O) groups is 3. The zero-order valence-electron chi connectivity index (χ0n) is 16.3. The minimum atomic E-state index is -0.924. The third kappa shape index (κ3) is 2.99. The van der Waals surface area contributed by atoms with E-state index in [-0.39, 0.29) is 18.9 Å². The summed E-state index contributed by atoms with van der Waals surface area (Å²) in [5, 5.41) is 3.52. The van der Waals surface area contributed by atoms with Crippen molar-refractivity contribution < 1.29 is 19.0 Å². The van der Waals surface area contributed by atoms with E-state index in [4.69, 9.17) is 0 Å². The van der Waals surface area contributed by atoms with Crippen molar-refractivity contribution in [1.82, 2.24) is 25.1 Å². The van der Waals surface area contributed by atoms with Gasteiger partial charge in [0.05, 0.1) is 19.1 Å². The number of aromatic nitrogens is 2. The molecule has 29 heavy (non-hydrogen) atoms. The summed E-state index contributed by atoms with van der Waals surface area (Å²) in [5.41, 5.74) is 1.51. The third-order valence-corrected chi connectivity index (χ3v) is 5.01. The van der Waals surface area contributed by atoms with Gasteiger partial charge in [0.2, 0.25) is 11.9 Å². The molecule has 1 saturated heterocycles. The highest BCUT2D eigenvalue weighted by atomic mass is 16.2. The maximum absolute atomic E-state index is 13.2. The van der Waals surface area contributed by atoms with E-state index >= 15 is 0 Å². The molecule has 1 atom stereocenters. The standard InChI is InChI=1S/C20H18N6O3/c1-4-5-10-25-16-17(23-19(25)28)24(3)20(29)26(18(16)27)11-15-21-12(2)13-8-6-7-9-14(13)22-15/h6-9,16H,10-11H2,1-3H3/p+1. The molecule has 1 aromatic heterocycles. The number of nitrogens with zero attached hydrogens (tertiary/aromatic N) is 5. The van der Waals surface area contributed by atoms with Crippen LogP contribution in [0.25, 0.3) is 10.9 Å². The lowest BCUT2D eigenvalue weighted by Crippen LogP contribution is -2.59. The van der Waals surface area contributed by atoms with E-state index in [9.17, 15) is 14.4 Å². The second kappa shape index (κ2) is 6.98. The normalized spacial score (nSPS) is 18.7. The minimum Gasteiger partial charge on any atom is -0.277 e. The van der Waals surface area contributed by atoms with E-state index in [2.05, 4.69) is 27.1 Å². The van der Waals surface area contributed by atoms with Crippen molar-refractivity contribution in [3.8, 4) is 11.8 Å². The molecule has 0 aliphatic carbocycles.